The lowest BCUT2D eigenvalue weighted by Crippen LogP contribution is -2.49. The SMILES string of the molecule is O=C1CN2c3c(cccc3[C@@H]3CN(CCCOc4ccc(I)cc4)CC[C@@H]32)N1. The Labute approximate surface area is 179 Å². The van der Waals surface area contributed by atoms with Crippen molar-refractivity contribution >= 4 is 39.9 Å². The van der Waals surface area contributed by atoms with Gasteiger partial charge in [0.25, 0.3) is 0 Å². The van der Waals surface area contributed by atoms with E-state index < -0.39 is 0 Å². The first-order valence-corrected chi connectivity index (χ1v) is 11.1. The second-order valence-electron chi connectivity index (χ2n) is 7.84. The molecule has 1 fully saturated rings. The molecule has 3 aliphatic heterocycles. The van der Waals surface area contributed by atoms with E-state index in [4.69, 9.17) is 4.74 Å². The second-order valence-corrected chi connectivity index (χ2v) is 9.08. The molecule has 2 aromatic carbocycles. The minimum Gasteiger partial charge on any atom is -0.494 e. The number of nitrogens with one attached hydrogen (secondary N) is 1. The van der Waals surface area contributed by atoms with Gasteiger partial charge in [0.15, 0.2) is 0 Å². The number of benzene rings is 2. The van der Waals surface area contributed by atoms with Gasteiger partial charge in [-0.2, -0.15) is 0 Å². The Balaban J connectivity index is 1.20. The van der Waals surface area contributed by atoms with E-state index in [0.29, 0.717) is 18.5 Å². The molecule has 1 N–H and O–H groups in total. The highest BCUT2D eigenvalue weighted by atomic mass is 127. The summed E-state index contributed by atoms with van der Waals surface area (Å²) in [5, 5.41) is 3.04. The highest BCUT2D eigenvalue weighted by Gasteiger charge is 2.44. The second kappa shape index (κ2) is 7.55. The van der Waals surface area contributed by atoms with E-state index in [2.05, 4.69) is 62.0 Å². The molecule has 0 saturated carbocycles. The number of halogens is 1. The van der Waals surface area contributed by atoms with Crippen LogP contribution in [0, 0.1) is 3.57 Å². The van der Waals surface area contributed by atoms with Gasteiger partial charge in [-0.15, -0.1) is 0 Å². The number of nitrogens with zero attached hydrogens (tertiary/aromatic N) is 2. The summed E-state index contributed by atoms with van der Waals surface area (Å²) in [6.45, 7) is 4.45. The van der Waals surface area contributed by atoms with Crippen LogP contribution < -0.4 is 15.0 Å². The Morgan fingerprint density at radius 2 is 2.04 bits per heavy atom. The molecule has 1 amide bonds. The third-order valence-corrected chi connectivity index (χ3v) is 6.82. The summed E-state index contributed by atoms with van der Waals surface area (Å²) < 4.78 is 7.11. The molecule has 0 unspecified atom stereocenters. The van der Waals surface area contributed by atoms with E-state index in [-0.39, 0.29) is 5.91 Å². The van der Waals surface area contributed by atoms with E-state index in [0.717, 1.165) is 50.5 Å². The van der Waals surface area contributed by atoms with Crippen molar-refractivity contribution in [3.8, 4) is 5.75 Å². The highest BCUT2D eigenvalue weighted by molar-refractivity contribution is 14.1. The third kappa shape index (κ3) is 3.37. The Hall–Kier alpha value is -1.80. The zero-order chi connectivity index (χ0) is 19.1. The van der Waals surface area contributed by atoms with Crippen LogP contribution in [-0.2, 0) is 4.79 Å². The lowest BCUT2D eigenvalue weighted by atomic mass is 9.89. The van der Waals surface area contributed by atoms with Crippen molar-refractivity contribution in [3.05, 3.63) is 51.6 Å². The van der Waals surface area contributed by atoms with Crippen molar-refractivity contribution in [1.29, 1.82) is 0 Å². The fourth-order valence-electron chi connectivity index (χ4n) is 4.89. The molecule has 5 nitrogen and oxygen atoms in total. The number of para-hydroxylation sites is 1. The Kier molecular flexibility index (Phi) is 4.92. The van der Waals surface area contributed by atoms with E-state index in [1.165, 1.54) is 14.8 Å². The van der Waals surface area contributed by atoms with Crippen LogP contribution in [0.15, 0.2) is 42.5 Å². The smallest absolute Gasteiger partial charge is 0.243 e. The normalized spacial score (nSPS) is 23.2. The molecule has 3 heterocycles. The number of carbonyl (C=O) groups is 1. The number of ether oxygens (including phenoxy) is 1. The first-order valence-electron chi connectivity index (χ1n) is 9.99. The Morgan fingerprint density at radius 3 is 2.89 bits per heavy atom. The minimum absolute atomic E-state index is 0.112. The number of piperidine rings is 1. The lowest BCUT2D eigenvalue weighted by Gasteiger charge is -2.39. The van der Waals surface area contributed by atoms with Gasteiger partial charge in [0.1, 0.15) is 5.75 Å². The molecule has 0 spiro atoms. The number of rotatable bonds is 5. The molecule has 3 aliphatic rings. The van der Waals surface area contributed by atoms with Crippen LogP contribution in [0.3, 0.4) is 0 Å². The van der Waals surface area contributed by atoms with Crippen LogP contribution in [-0.4, -0.2) is 49.6 Å². The summed E-state index contributed by atoms with van der Waals surface area (Å²) in [4.78, 5) is 17.0. The van der Waals surface area contributed by atoms with Gasteiger partial charge >= 0.3 is 0 Å². The maximum atomic E-state index is 12.1. The van der Waals surface area contributed by atoms with Gasteiger partial charge in [0, 0.05) is 35.2 Å². The average molecular weight is 489 g/mol. The predicted molar refractivity (Wildman–Crippen MR) is 119 cm³/mol. The first kappa shape index (κ1) is 18.2. The van der Waals surface area contributed by atoms with Crippen molar-refractivity contribution in [2.45, 2.75) is 24.8 Å². The molecule has 0 bridgehead atoms. The number of likely N-dealkylation sites (tertiary alicyclic amines) is 1. The van der Waals surface area contributed by atoms with Gasteiger partial charge in [-0.05, 0) is 71.3 Å². The van der Waals surface area contributed by atoms with Gasteiger partial charge in [-0.3, -0.25) is 4.79 Å². The van der Waals surface area contributed by atoms with Crippen LogP contribution in [0.4, 0.5) is 11.4 Å². The lowest BCUT2D eigenvalue weighted by molar-refractivity contribution is -0.115. The number of carbonyl (C=O) groups excluding carboxylic acids is 1. The standard InChI is InChI=1S/C22H24IN3O2/c23-15-5-7-16(8-6-15)28-12-2-10-25-11-9-20-18(13-25)17-3-1-4-19-22(17)26(20)14-21(27)24-19/h1,3-8,18,20H,2,9-14H2,(H,24,27)/t18-,20-/m0/s1. The van der Waals surface area contributed by atoms with E-state index in [1.54, 1.807) is 0 Å². The van der Waals surface area contributed by atoms with E-state index >= 15 is 0 Å². The van der Waals surface area contributed by atoms with E-state index in [1.807, 2.05) is 18.2 Å². The number of anilines is 2. The van der Waals surface area contributed by atoms with Crippen molar-refractivity contribution in [2.75, 3.05) is 43.0 Å². The van der Waals surface area contributed by atoms with Crippen LogP contribution in [0.2, 0.25) is 0 Å². The predicted octanol–water partition coefficient (Wildman–Crippen LogP) is 3.69. The zero-order valence-corrected chi connectivity index (χ0v) is 17.9. The summed E-state index contributed by atoms with van der Waals surface area (Å²) >= 11 is 2.31. The molecule has 2 atom stereocenters. The van der Waals surface area contributed by atoms with Crippen LogP contribution >= 0.6 is 22.6 Å². The van der Waals surface area contributed by atoms with Gasteiger partial charge in [-0.25, -0.2) is 0 Å². The van der Waals surface area contributed by atoms with Gasteiger partial charge in [-0.1, -0.05) is 12.1 Å². The maximum Gasteiger partial charge on any atom is 0.243 e. The van der Waals surface area contributed by atoms with Crippen LogP contribution in [0.5, 0.6) is 5.75 Å². The van der Waals surface area contributed by atoms with Crippen molar-refractivity contribution in [2.24, 2.45) is 0 Å². The molecular weight excluding hydrogens is 465 g/mol. The number of amides is 1. The molecule has 0 aliphatic carbocycles. The number of hydrogen-bond donors (Lipinski definition) is 1. The van der Waals surface area contributed by atoms with Gasteiger partial charge in [0.2, 0.25) is 5.91 Å². The topological polar surface area (TPSA) is 44.8 Å². The minimum atomic E-state index is 0.112. The summed E-state index contributed by atoms with van der Waals surface area (Å²) in [5.74, 6) is 1.55. The molecule has 1 saturated heterocycles. The summed E-state index contributed by atoms with van der Waals surface area (Å²) in [7, 11) is 0. The molecule has 2 aromatic rings. The Bertz CT molecular complexity index is 886. The zero-order valence-electron chi connectivity index (χ0n) is 15.7. The van der Waals surface area contributed by atoms with Gasteiger partial charge < -0.3 is 19.9 Å². The number of hydrogen-bond acceptors (Lipinski definition) is 4. The summed E-state index contributed by atoms with van der Waals surface area (Å²) in [6, 6.07) is 15.0. The quantitative estimate of drug-likeness (QED) is 0.514. The van der Waals surface area contributed by atoms with Gasteiger partial charge in [0.05, 0.1) is 24.5 Å². The number of fused-ring (bicyclic) bond motifs is 3. The Morgan fingerprint density at radius 1 is 1.18 bits per heavy atom. The van der Waals surface area contributed by atoms with E-state index in [9.17, 15) is 4.79 Å². The van der Waals surface area contributed by atoms with Crippen LogP contribution in [0.1, 0.15) is 24.3 Å². The third-order valence-electron chi connectivity index (χ3n) is 6.10. The first-order chi connectivity index (χ1) is 13.7. The fraction of sp³-hybridized carbons (Fsp3) is 0.409. The molecule has 0 aromatic heterocycles. The molecule has 28 heavy (non-hydrogen) atoms. The molecule has 0 radical (unpaired) electrons. The fourth-order valence-corrected chi connectivity index (χ4v) is 5.25. The highest BCUT2D eigenvalue weighted by Crippen LogP contribution is 2.49. The monoisotopic (exact) mass is 489 g/mol. The molecule has 146 valence electrons. The molecule has 6 heteroatoms. The van der Waals surface area contributed by atoms with Crippen molar-refractivity contribution < 1.29 is 9.53 Å². The largest absolute Gasteiger partial charge is 0.494 e. The van der Waals surface area contributed by atoms with Crippen LogP contribution in [0.25, 0.3) is 0 Å². The maximum absolute atomic E-state index is 12.1. The average Bonchev–Trinajstić information content (AvgIpc) is 3.01. The van der Waals surface area contributed by atoms with Crippen molar-refractivity contribution in [3.63, 3.8) is 0 Å². The molecule has 5 rings (SSSR count). The molecular formula is C22H24IN3O2. The summed E-state index contributed by atoms with van der Waals surface area (Å²) in [5.41, 5.74) is 3.66. The van der Waals surface area contributed by atoms with Crippen molar-refractivity contribution in [1.82, 2.24) is 4.90 Å². The summed E-state index contributed by atoms with van der Waals surface area (Å²) in [6.07, 6.45) is 2.14.